The van der Waals surface area contributed by atoms with Crippen LogP contribution in [0.5, 0.6) is 0 Å². The van der Waals surface area contributed by atoms with Crippen LogP contribution >= 0.6 is 23.4 Å². The molecule has 1 aromatic rings. The van der Waals surface area contributed by atoms with Crippen LogP contribution in [0.25, 0.3) is 0 Å². The quantitative estimate of drug-likeness (QED) is 0.919. The van der Waals surface area contributed by atoms with Gasteiger partial charge in [0, 0.05) is 29.9 Å². The van der Waals surface area contributed by atoms with Crippen molar-refractivity contribution in [1.29, 1.82) is 0 Å². The lowest BCUT2D eigenvalue weighted by Crippen LogP contribution is -2.47. The summed E-state index contributed by atoms with van der Waals surface area (Å²) < 4.78 is 23.8. The van der Waals surface area contributed by atoms with Crippen LogP contribution in [-0.2, 0) is 16.4 Å². The minimum absolute atomic E-state index is 0.157. The first-order valence-electron chi connectivity index (χ1n) is 5.86. The molecule has 2 rings (SSSR count). The van der Waals surface area contributed by atoms with Gasteiger partial charge in [-0.3, -0.25) is 0 Å². The van der Waals surface area contributed by atoms with Crippen LogP contribution in [0.4, 0.5) is 5.69 Å². The van der Waals surface area contributed by atoms with Gasteiger partial charge in [-0.15, -0.1) is 0 Å². The Morgan fingerprint density at radius 1 is 1.53 bits per heavy atom. The van der Waals surface area contributed by atoms with Crippen molar-refractivity contribution in [2.45, 2.75) is 12.0 Å². The number of rotatable bonds is 3. The van der Waals surface area contributed by atoms with Gasteiger partial charge in [0.2, 0.25) is 0 Å². The van der Waals surface area contributed by atoms with E-state index in [0.29, 0.717) is 28.6 Å². The van der Waals surface area contributed by atoms with Gasteiger partial charge in [0.05, 0.1) is 17.3 Å². The number of thioether (sulfide) groups is 1. The third kappa shape index (κ3) is 3.18. The molecule has 1 atom stereocenters. The van der Waals surface area contributed by atoms with Crippen molar-refractivity contribution in [3.8, 4) is 0 Å². The Labute approximate surface area is 122 Å². The van der Waals surface area contributed by atoms with E-state index >= 15 is 0 Å². The highest BCUT2D eigenvalue weighted by molar-refractivity contribution is 8.01. The maximum Gasteiger partial charge on any atom is 0.169 e. The molecule has 1 unspecified atom stereocenters. The summed E-state index contributed by atoms with van der Waals surface area (Å²) in [5.41, 5.74) is 1.30. The Hall–Kier alpha value is -0.430. The fraction of sp³-hybridized carbons (Fsp3) is 0.500. The van der Waals surface area contributed by atoms with Crippen molar-refractivity contribution in [1.82, 2.24) is 0 Å². The molecule has 0 aromatic heterocycles. The first-order chi connectivity index (χ1) is 8.95. The molecule has 1 fully saturated rings. The first kappa shape index (κ1) is 15.0. The standard InChI is InChI=1S/C12H16ClNO3S2/c1-19(16,17)11-8-18-6-5-14(11)12-9(7-15)3-2-4-10(12)13/h2-4,11,15H,5-8H2,1H3. The molecule has 0 saturated carbocycles. The van der Waals surface area contributed by atoms with Gasteiger partial charge in [0.15, 0.2) is 9.84 Å². The number of hydrogen-bond acceptors (Lipinski definition) is 5. The van der Waals surface area contributed by atoms with Crippen LogP contribution in [0.15, 0.2) is 18.2 Å². The second-order valence-electron chi connectivity index (χ2n) is 4.46. The Bertz CT molecular complexity index is 562. The van der Waals surface area contributed by atoms with Crippen LogP contribution in [0.1, 0.15) is 5.56 Å². The molecule has 0 bridgehead atoms. The largest absolute Gasteiger partial charge is 0.392 e. The summed E-state index contributed by atoms with van der Waals surface area (Å²) in [5, 5.41) is 9.31. The summed E-state index contributed by atoms with van der Waals surface area (Å²) in [6, 6.07) is 5.24. The van der Waals surface area contributed by atoms with Gasteiger partial charge < -0.3 is 10.0 Å². The monoisotopic (exact) mass is 321 g/mol. The number of nitrogens with zero attached hydrogens (tertiary/aromatic N) is 1. The van der Waals surface area contributed by atoms with Crippen molar-refractivity contribution >= 4 is 38.9 Å². The van der Waals surface area contributed by atoms with Gasteiger partial charge in [-0.1, -0.05) is 23.7 Å². The second kappa shape index (κ2) is 5.91. The molecule has 106 valence electrons. The number of para-hydroxylation sites is 1. The predicted octanol–water partition coefficient (Wildman–Crippen LogP) is 1.76. The Balaban J connectivity index is 2.49. The minimum atomic E-state index is -3.20. The zero-order valence-electron chi connectivity index (χ0n) is 10.5. The van der Waals surface area contributed by atoms with Gasteiger partial charge in [-0.05, 0) is 6.07 Å². The molecule has 1 aliphatic heterocycles. The molecule has 0 aliphatic carbocycles. The van der Waals surface area contributed by atoms with Crippen molar-refractivity contribution < 1.29 is 13.5 Å². The summed E-state index contributed by atoms with van der Waals surface area (Å²) in [4.78, 5) is 1.81. The predicted molar refractivity (Wildman–Crippen MR) is 80.7 cm³/mol. The SMILES string of the molecule is CS(=O)(=O)C1CSCCN1c1c(Cl)cccc1CO. The molecule has 7 heteroatoms. The average molecular weight is 322 g/mol. The van der Waals surface area contributed by atoms with Gasteiger partial charge in [0.25, 0.3) is 0 Å². The summed E-state index contributed by atoms with van der Waals surface area (Å²) in [7, 11) is -3.20. The molecule has 1 saturated heterocycles. The van der Waals surface area contributed by atoms with Crippen LogP contribution in [0.2, 0.25) is 5.02 Å². The lowest BCUT2D eigenvalue weighted by Gasteiger charge is -2.37. The van der Waals surface area contributed by atoms with E-state index in [4.69, 9.17) is 11.6 Å². The molecule has 0 amide bonds. The van der Waals surface area contributed by atoms with Gasteiger partial charge >= 0.3 is 0 Å². The highest BCUT2D eigenvalue weighted by Crippen LogP contribution is 2.35. The maximum atomic E-state index is 11.9. The number of anilines is 1. The van der Waals surface area contributed by atoms with E-state index in [1.54, 1.807) is 34.9 Å². The minimum Gasteiger partial charge on any atom is -0.392 e. The molecule has 19 heavy (non-hydrogen) atoms. The van der Waals surface area contributed by atoms with E-state index < -0.39 is 15.2 Å². The number of aliphatic hydroxyl groups is 1. The average Bonchev–Trinajstić information content (AvgIpc) is 2.37. The van der Waals surface area contributed by atoms with Crippen LogP contribution in [0.3, 0.4) is 0 Å². The molecule has 4 nitrogen and oxygen atoms in total. The molecule has 1 heterocycles. The first-order valence-corrected chi connectivity index (χ1v) is 9.35. The molecule has 1 N–H and O–H groups in total. The van der Waals surface area contributed by atoms with Crippen molar-refractivity contribution in [2.24, 2.45) is 0 Å². The smallest absolute Gasteiger partial charge is 0.169 e. The highest BCUT2D eigenvalue weighted by Gasteiger charge is 2.33. The number of aliphatic hydroxyl groups excluding tert-OH is 1. The molecular formula is C12H16ClNO3S2. The van der Waals surface area contributed by atoms with Crippen LogP contribution < -0.4 is 4.90 Å². The van der Waals surface area contributed by atoms with E-state index in [0.717, 1.165) is 5.75 Å². The number of benzene rings is 1. The highest BCUT2D eigenvalue weighted by atomic mass is 35.5. The topological polar surface area (TPSA) is 57.6 Å². The van der Waals surface area contributed by atoms with E-state index in [2.05, 4.69) is 0 Å². The van der Waals surface area contributed by atoms with Crippen molar-refractivity contribution in [2.75, 3.05) is 29.2 Å². The molecule has 1 aliphatic rings. The zero-order chi connectivity index (χ0) is 14.0. The Morgan fingerprint density at radius 2 is 2.26 bits per heavy atom. The number of halogens is 1. The third-order valence-corrected chi connectivity index (χ3v) is 6.05. The van der Waals surface area contributed by atoms with Crippen molar-refractivity contribution in [3.05, 3.63) is 28.8 Å². The van der Waals surface area contributed by atoms with Crippen LogP contribution in [-0.4, -0.2) is 43.2 Å². The lowest BCUT2D eigenvalue weighted by atomic mass is 10.1. The maximum absolute atomic E-state index is 11.9. The van der Waals surface area contributed by atoms with E-state index in [1.807, 2.05) is 0 Å². The summed E-state index contributed by atoms with van der Waals surface area (Å²) >= 11 is 7.82. The van der Waals surface area contributed by atoms with E-state index in [-0.39, 0.29) is 6.61 Å². The molecular weight excluding hydrogens is 306 g/mol. The summed E-state index contributed by atoms with van der Waals surface area (Å²) in [5.74, 6) is 1.37. The van der Waals surface area contributed by atoms with E-state index in [9.17, 15) is 13.5 Å². The fourth-order valence-corrected chi connectivity index (χ4v) is 5.33. The van der Waals surface area contributed by atoms with Gasteiger partial charge in [-0.25, -0.2) is 8.42 Å². The summed E-state index contributed by atoms with van der Waals surface area (Å²) in [6.45, 7) is 0.454. The van der Waals surface area contributed by atoms with Gasteiger partial charge in [-0.2, -0.15) is 11.8 Å². The Morgan fingerprint density at radius 3 is 2.89 bits per heavy atom. The van der Waals surface area contributed by atoms with Crippen molar-refractivity contribution in [3.63, 3.8) is 0 Å². The number of hydrogen-bond donors (Lipinski definition) is 1. The lowest BCUT2D eigenvalue weighted by molar-refractivity contribution is 0.282. The van der Waals surface area contributed by atoms with Gasteiger partial charge in [0.1, 0.15) is 5.37 Å². The Kier molecular flexibility index (Phi) is 4.66. The fourth-order valence-electron chi connectivity index (χ4n) is 2.20. The summed E-state index contributed by atoms with van der Waals surface area (Å²) in [6.07, 6.45) is 1.24. The second-order valence-corrected chi connectivity index (χ2v) is 8.22. The van der Waals surface area contributed by atoms with Crippen LogP contribution in [0, 0.1) is 0 Å². The zero-order valence-corrected chi connectivity index (χ0v) is 12.9. The normalized spacial score (nSPS) is 20.6. The molecule has 0 radical (unpaired) electrons. The van der Waals surface area contributed by atoms with E-state index in [1.165, 1.54) is 6.26 Å². The third-order valence-electron chi connectivity index (χ3n) is 3.11. The molecule has 0 spiro atoms. The molecule has 1 aromatic carbocycles. The number of sulfone groups is 1.